The van der Waals surface area contributed by atoms with Crippen molar-refractivity contribution in [2.75, 3.05) is 11.9 Å². The van der Waals surface area contributed by atoms with Gasteiger partial charge in [0.2, 0.25) is 0 Å². The van der Waals surface area contributed by atoms with Crippen LogP contribution in [-0.2, 0) is 11.2 Å². The third kappa shape index (κ3) is 2.20. The first-order valence-electron chi connectivity index (χ1n) is 8.01. The number of hydrogen-bond acceptors (Lipinski definition) is 4. The lowest BCUT2D eigenvalue weighted by atomic mass is 9.74. The number of aromatic amines is 1. The van der Waals surface area contributed by atoms with E-state index >= 15 is 0 Å². The number of nitrogens with zero attached hydrogens (tertiary/aromatic N) is 2. The second-order valence-electron chi connectivity index (χ2n) is 6.33. The lowest BCUT2D eigenvalue weighted by molar-refractivity contribution is -0.130. The average molecular weight is 286 g/mol. The van der Waals surface area contributed by atoms with E-state index < -0.39 is 0 Å². The monoisotopic (exact) mass is 286 g/mol. The maximum atomic E-state index is 6.01. The molecule has 0 amide bonds. The number of nitrogens with one attached hydrogen (secondary N) is 2. The van der Waals surface area contributed by atoms with Crippen LogP contribution in [-0.4, -0.2) is 33.2 Å². The van der Waals surface area contributed by atoms with Crippen LogP contribution in [0.4, 0.5) is 5.82 Å². The molecule has 0 radical (unpaired) electrons. The summed E-state index contributed by atoms with van der Waals surface area (Å²) in [5.41, 5.74) is 2.36. The van der Waals surface area contributed by atoms with Gasteiger partial charge in [-0.15, -0.1) is 0 Å². The molecule has 4 rings (SSSR count). The number of ether oxygens (including phenoxy) is 1. The van der Waals surface area contributed by atoms with Crippen LogP contribution in [0, 0.1) is 0 Å². The summed E-state index contributed by atoms with van der Waals surface area (Å²) < 4.78 is 6.01. The number of H-pyrrole nitrogens is 1. The molecule has 2 aliphatic rings. The second-order valence-corrected chi connectivity index (χ2v) is 6.33. The number of aryl methyl sites for hydroxylation is 1. The van der Waals surface area contributed by atoms with Gasteiger partial charge in [-0.25, -0.2) is 9.97 Å². The van der Waals surface area contributed by atoms with Crippen LogP contribution in [0.2, 0.25) is 0 Å². The number of aromatic nitrogens is 3. The van der Waals surface area contributed by atoms with Gasteiger partial charge in [-0.1, -0.05) is 6.92 Å². The van der Waals surface area contributed by atoms with Crippen LogP contribution < -0.4 is 5.32 Å². The molecule has 112 valence electrons. The molecule has 1 aliphatic carbocycles. The highest BCUT2D eigenvalue weighted by atomic mass is 16.5. The largest absolute Gasteiger partial charge is 0.375 e. The van der Waals surface area contributed by atoms with Crippen molar-refractivity contribution in [1.29, 1.82) is 0 Å². The van der Waals surface area contributed by atoms with Crippen LogP contribution in [0.1, 0.15) is 44.6 Å². The SMILES string of the molecule is CCc1c[nH]c2ncnc(NC3CCOC4(CCC4)C3)c12. The van der Waals surface area contributed by atoms with Crippen molar-refractivity contribution in [2.45, 2.75) is 57.1 Å². The van der Waals surface area contributed by atoms with Crippen molar-refractivity contribution in [3.05, 3.63) is 18.1 Å². The summed E-state index contributed by atoms with van der Waals surface area (Å²) in [6.45, 7) is 3.02. The Morgan fingerprint density at radius 2 is 2.33 bits per heavy atom. The molecule has 1 unspecified atom stereocenters. The molecule has 2 aromatic heterocycles. The van der Waals surface area contributed by atoms with E-state index in [1.807, 2.05) is 6.20 Å². The number of anilines is 1. The predicted octanol–water partition coefficient (Wildman–Crippen LogP) is 3.03. The Balaban J connectivity index is 1.60. The molecule has 1 spiro atoms. The van der Waals surface area contributed by atoms with E-state index in [4.69, 9.17) is 4.74 Å². The summed E-state index contributed by atoms with van der Waals surface area (Å²) in [5, 5.41) is 4.80. The third-order valence-electron chi connectivity index (χ3n) is 5.03. The lowest BCUT2D eigenvalue weighted by Gasteiger charge is -2.47. The molecule has 21 heavy (non-hydrogen) atoms. The minimum atomic E-state index is 0.161. The summed E-state index contributed by atoms with van der Waals surface area (Å²) in [7, 11) is 0. The molecule has 1 atom stereocenters. The van der Waals surface area contributed by atoms with E-state index in [1.54, 1.807) is 6.33 Å². The Hall–Kier alpha value is -1.62. The number of rotatable bonds is 3. The first-order valence-corrected chi connectivity index (χ1v) is 8.01. The first kappa shape index (κ1) is 13.1. The highest BCUT2D eigenvalue weighted by Gasteiger charge is 2.42. The van der Waals surface area contributed by atoms with E-state index in [1.165, 1.54) is 24.8 Å². The number of fused-ring (bicyclic) bond motifs is 1. The molecule has 0 bridgehead atoms. The summed E-state index contributed by atoms with van der Waals surface area (Å²) >= 11 is 0. The minimum Gasteiger partial charge on any atom is -0.375 e. The smallest absolute Gasteiger partial charge is 0.143 e. The summed E-state index contributed by atoms with van der Waals surface area (Å²) in [6, 6.07) is 0.455. The van der Waals surface area contributed by atoms with Crippen molar-refractivity contribution in [2.24, 2.45) is 0 Å². The lowest BCUT2D eigenvalue weighted by Crippen LogP contribution is -2.49. The quantitative estimate of drug-likeness (QED) is 0.910. The average Bonchev–Trinajstić information content (AvgIpc) is 2.90. The van der Waals surface area contributed by atoms with Crippen molar-refractivity contribution in [3.8, 4) is 0 Å². The van der Waals surface area contributed by atoms with E-state index in [9.17, 15) is 0 Å². The van der Waals surface area contributed by atoms with Gasteiger partial charge in [0.1, 0.15) is 17.8 Å². The van der Waals surface area contributed by atoms with Crippen LogP contribution in [0.25, 0.3) is 11.0 Å². The van der Waals surface area contributed by atoms with Gasteiger partial charge in [0, 0.05) is 18.8 Å². The Morgan fingerprint density at radius 3 is 3.10 bits per heavy atom. The van der Waals surface area contributed by atoms with Gasteiger partial charge in [-0.05, 0) is 44.1 Å². The molecular formula is C16H22N4O. The van der Waals surface area contributed by atoms with Gasteiger partial charge in [-0.2, -0.15) is 0 Å². The van der Waals surface area contributed by atoms with Crippen molar-refractivity contribution < 1.29 is 4.74 Å². The summed E-state index contributed by atoms with van der Waals surface area (Å²) in [5.74, 6) is 0.972. The van der Waals surface area contributed by atoms with Crippen LogP contribution in [0.5, 0.6) is 0 Å². The molecule has 1 aliphatic heterocycles. The fourth-order valence-electron chi connectivity index (χ4n) is 3.68. The molecule has 2 aromatic rings. The van der Waals surface area contributed by atoms with Crippen molar-refractivity contribution in [1.82, 2.24) is 15.0 Å². The molecule has 5 heteroatoms. The van der Waals surface area contributed by atoms with Crippen molar-refractivity contribution >= 4 is 16.9 Å². The van der Waals surface area contributed by atoms with E-state index in [2.05, 4.69) is 27.2 Å². The van der Waals surface area contributed by atoms with Crippen LogP contribution in [0.3, 0.4) is 0 Å². The zero-order valence-corrected chi connectivity index (χ0v) is 12.5. The predicted molar refractivity (Wildman–Crippen MR) is 82.4 cm³/mol. The summed E-state index contributed by atoms with van der Waals surface area (Å²) in [4.78, 5) is 12.1. The highest BCUT2D eigenvalue weighted by Crippen LogP contribution is 2.43. The highest BCUT2D eigenvalue weighted by molar-refractivity contribution is 5.90. The van der Waals surface area contributed by atoms with Gasteiger partial charge < -0.3 is 15.0 Å². The van der Waals surface area contributed by atoms with Gasteiger partial charge in [0.15, 0.2) is 0 Å². The normalized spacial score (nSPS) is 24.1. The molecule has 1 saturated carbocycles. The third-order valence-corrected chi connectivity index (χ3v) is 5.03. The Labute approximate surface area is 124 Å². The van der Waals surface area contributed by atoms with E-state index in [-0.39, 0.29) is 5.60 Å². The number of hydrogen-bond donors (Lipinski definition) is 2. The fourth-order valence-corrected chi connectivity index (χ4v) is 3.68. The van der Waals surface area contributed by atoms with E-state index in [0.29, 0.717) is 6.04 Å². The summed E-state index contributed by atoms with van der Waals surface area (Å²) in [6.07, 6.45) is 10.6. The van der Waals surface area contributed by atoms with Gasteiger partial charge in [-0.3, -0.25) is 0 Å². The maximum absolute atomic E-state index is 6.01. The molecule has 2 N–H and O–H groups in total. The molecule has 1 saturated heterocycles. The Kier molecular flexibility index (Phi) is 3.10. The van der Waals surface area contributed by atoms with Gasteiger partial charge >= 0.3 is 0 Å². The van der Waals surface area contributed by atoms with Crippen LogP contribution >= 0.6 is 0 Å². The van der Waals surface area contributed by atoms with Crippen molar-refractivity contribution in [3.63, 3.8) is 0 Å². The first-order chi connectivity index (χ1) is 10.3. The fraction of sp³-hybridized carbons (Fsp3) is 0.625. The second kappa shape index (κ2) is 4.98. The maximum Gasteiger partial charge on any atom is 0.143 e. The minimum absolute atomic E-state index is 0.161. The van der Waals surface area contributed by atoms with Crippen LogP contribution in [0.15, 0.2) is 12.5 Å². The standard InChI is InChI=1S/C16H22N4O/c1-2-11-9-17-14-13(11)15(19-10-18-14)20-12-4-7-21-16(8-12)5-3-6-16/h9-10,12H,2-8H2,1H3,(H2,17,18,19,20). The topological polar surface area (TPSA) is 62.8 Å². The molecule has 2 fully saturated rings. The molecule has 3 heterocycles. The van der Waals surface area contributed by atoms with Gasteiger partial charge in [0.05, 0.1) is 11.0 Å². The van der Waals surface area contributed by atoms with E-state index in [0.717, 1.165) is 42.7 Å². The zero-order valence-electron chi connectivity index (χ0n) is 12.5. The zero-order chi connectivity index (χ0) is 14.3. The van der Waals surface area contributed by atoms with Gasteiger partial charge in [0.25, 0.3) is 0 Å². The molecular weight excluding hydrogens is 264 g/mol. The Bertz CT molecular complexity index is 647. The molecule has 5 nitrogen and oxygen atoms in total. The Morgan fingerprint density at radius 1 is 1.43 bits per heavy atom. The molecule has 0 aromatic carbocycles.